The lowest BCUT2D eigenvalue weighted by Crippen LogP contribution is -2.60. The predicted molar refractivity (Wildman–Crippen MR) is 131 cm³/mol. The Bertz CT molecular complexity index is 1020. The summed E-state index contributed by atoms with van der Waals surface area (Å²) in [6.07, 6.45) is 0.546. The zero-order valence-corrected chi connectivity index (χ0v) is 20.9. The number of nitrogens with zero attached hydrogens (tertiary/aromatic N) is 1. The molecule has 0 aromatic heterocycles. The number of likely N-dealkylation sites (tertiary alicyclic amines) is 1. The summed E-state index contributed by atoms with van der Waals surface area (Å²) in [4.78, 5) is 27.5. The highest BCUT2D eigenvalue weighted by Gasteiger charge is 2.54. The second-order valence-electron chi connectivity index (χ2n) is 9.78. The molecule has 33 heavy (non-hydrogen) atoms. The van der Waals surface area contributed by atoms with Gasteiger partial charge in [-0.1, -0.05) is 61.3 Å². The molecule has 5 nitrogen and oxygen atoms in total. The van der Waals surface area contributed by atoms with Gasteiger partial charge in [-0.05, 0) is 62.1 Å². The van der Waals surface area contributed by atoms with Crippen molar-refractivity contribution in [2.45, 2.75) is 70.6 Å². The molecule has 7 heteroatoms. The van der Waals surface area contributed by atoms with Crippen LogP contribution in [0.15, 0.2) is 48.5 Å². The molecule has 0 unspecified atom stereocenters. The summed E-state index contributed by atoms with van der Waals surface area (Å²) in [5.74, 6) is -1.53. The summed E-state index contributed by atoms with van der Waals surface area (Å²) >= 11 is 12.5. The van der Waals surface area contributed by atoms with Crippen molar-refractivity contribution in [3.05, 3.63) is 69.7 Å². The number of carbonyl (C=O) groups excluding carboxylic acids is 1. The Kier molecular flexibility index (Phi) is 7.47. The third kappa shape index (κ3) is 5.37. The van der Waals surface area contributed by atoms with Gasteiger partial charge in [-0.25, -0.2) is 0 Å². The number of amides is 1. The van der Waals surface area contributed by atoms with Crippen LogP contribution in [0.4, 0.5) is 0 Å². The van der Waals surface area contributed by atoms with Gasteiger partial charge in [0.15, 0.2) is 0 Å². The van der Waals surface area contributed by atoms with Crippen molar-refractivity contribution in [1.29, 1.82) is 0 Å². The molecule has 1 saturated heterocycles. The molecule has 1 fully saturated rings. The van der Waals surface area contributed by atoms with Crippen molar-refractivity contribution in [2.24, 2.45) is 5.41 Å². The maximum atomic E-state index is 14.0. The lowest BCUT2D eigenvalue weighted by atomic mass is 9.66. The number of aliphatic carboxylic acids is 1. The van der Waals surface area contributed by atoms with E-state index in [-0.39, 0.29) is 18.2 Å². The number of carbonyl (C=O) groups is 2. The Balaban J connectivity index is 2.28. The first-order chi connectivity index (χ1) is 15.4. The number of rotatable bonds is 7. The first kappa shape index (κ1) is 25.5. The molecular weight excluding hydrogens is 461 g/mol. The van der Waals surface area contributed by atoms with Gasteiger partial charge in [0.1, 0.15) is 0 Å². The van der Waals surface area contributed by atoms with Crippen molar-refractivity contribution in [1.82, 2.24) is 4.90 Å². The number of carboxylic acids is 1. The van der Waals surface area contributed by atoms with Crippen LogP contribution in [0.3, 0.4) is 0 Å². The van der Waals surface area contributed by atoms with Crippen LogP contribution in [-0.2, 0) is 9.59 Å². The summed E-state index contributed by atoms with van der Waals surface area (Å²) in [5, 5.41) is 21.9. The summed E-state index contributed by atoms with van der Waals surface area (Å²) in [5.41, 5.74) is -0.546. The van der Waals surface area contributed by atoms with Crippen LogP contribution >= 0.6 is 23.2 Å². The zero-order valence-electron chi connectivity index (χ0n) is 19.4. The van der Waals surface area contributed by atoms with Crippen LogP contribution in [0.25, 0.3) is 0 Å². The summed E-state index contributed by atoms with van der Waals surface area (Å²) in [7, 11) is 0. The van der Waals surface area contributed by atoms with E-state index in [0.717, 1.165) is 11.1 Å². The molecule has 178 valence electrons. The first-order valence-corrected chi connectivity index (χ1v) is 11.9. The van der Waals surface area contributed by atoms with Gasteiger partial charge in [-0.15, -0.1) is 0 Å². The molecule has 0 bridgehead atoms. The lowest BCUT2D eigenvalue weighted by molar-refractivity contribution is -0.167. The van der Waals surface area contributed by atoms with E-state index in [4.69, 9.17) is 23.2 Å². The SMILES string of the molecule is CC[C@H](N1C(=O)[C@](C)(CC(=O)O)C[C@H](c2cccc(Cl)c2)[C@H]1c1ccc(Cl)cc1)C(C)(C)O. The monoisotopic (exact) mass is 491 g/mol. The summed E-state index contributed by atoms with van der Waals surface area (Å²) in [6.45, 7) is 7.01. The van der Waals surface area contributed by atoms with E-state index in [1.807, 2.05) is 37.3 Å². The maximum Gasteiger partial charge on any atom is 0.304 e. The van der Waals surface area contributed by atoms with Crippen LogP contribution in [0, 0.1) is 5.41 Å². The minimum absolute atomic E-state index is 0.233. The Morgan fingerprint density at radius 3 is 2.30 bits per heavy atom. The summed E-state index contributed by atoms with van der Waals surface area (Å²) < 4.78 is 0. The molecule has 2 aromatic carbocycles. The predicted octanol–water partition coefficient (Wildman–Crippen LogP) is 6.08. The lowest BCUT2D eigenvalue weighted by Gasteiger charge is -2.54. The standard InChI is InChI=1S/C26H31Cl2NO4/c1-5-21(25(2,3)33)29-23(16-9-11-18(27)12-10-16)20(17-7-6-8-19(28)13-17)14-26(4,24(29)32)15-22(30)31/h6-13,20-21,23,33H,5,14-15H2,1-4H3,(H,30,31)/t20-,21+,23-,26+/m1/s1. The van der Waals surface area contributed by atoms with Gasteiger partial charge in [0, 0.05) is 16.0 Å². The maximum absolute atomic E-state index is 14.0. The van der Waals surface area contributed by atoms with Crippen molar-refractivity contribution >= 4 is 35.1 Å². The van der Waals surface area contributed by atoms with Gasteiger partial charge in [-0.2, -0.15) is 0 Å². The normalized spacial score (nSPS) is 24.6. The van der Waals surface area contributed by atoms with Crippen molar-refractivity contribution in [3.63, 3.8) is 0 Å². The van der Waals surface area contributed by atoms with Crippen LogP contribution in [0.2, 0.25) is 10.0 Å². The van der Waals surface area contributed by atoms with Gasteiger partial charge >= 0.3 is 5.97 Å². The highest BCUT2D eigenvalue weighted by Crippen LogP contribution is 2.53. The molecule has 1 aliphatic rings. The average molecular weight is 492 g/mol. The highest BCUT2D eigenvalue weighted by molar-refractivity contribution is 6.30. The molecular formula is C26H31Cl2NO4. The fraction of sp³-hybridized carbons (Fsp3) is 0.462. The molecule has 0 radical (unpaired) electrons. The fourth-order valence-corrected chi connectivity index (χ4v) is 5.58. The molecule has 0 aliphatic carbocycles. The van der Waals surface area contributed by atoms with Crippen molar-refractivity contribution < 1.29 is 19.8 Å². The molecule has 4 atom stereocenters. The van der Waals surface area contributed by atoms with E-state index in [1.54, 1.807) is 43.9 Å². The molecule has 3 rings (SSSR count). The minimum Gasteiger partial charge on any atom is -0.481 e. The van der Waals surface area contributed by atoms with Gasteiger partial charge in [0.05, 0.1) is 29.5 Å². The number of piperidine rings is 1. The van der Waals surface area contributed by atoms with E-state index < -0.39 is 29.1 Å². The van der Waals surface area contributed by atoms with Gasteiger partial charge in [0.25, 0.3) is 0 Å². The van der Waals surface area contributed by atoms with Gasteiger partial charge < -0.3 is 15.1 Å². The molecule has 1 aliphatic heterocycles. The Morgan fingerprint density at radius 1 is 1.15 bits per heavy atom. The molecule has 1 amide bonds. The number of hydrogen-bond donors (Lipinski definition) is 2. The molecule has 0 saturated carbocycles. The second kappa shape index (κ2) is 9.65. The average Bonchev–Trinajstić information content (AvgIpc) is 2.71. The number of halogens is 2. The number of benzene rings is 2. The van der Waals surface area contributed by atoms with Crippen LogP contribution in [0.5, 0.6) is 0 Å². The second-order valence-corrected chi connectivity index (χ2v) is 10.7. The van der Waals surface area contributed by atoms with E-state index in [2.05, 4.69) is 0 Å². The molecule has 2 aromatic rings. The van der Waals surface area contributed by atoms with Gasteiger partial charge in [-0.3, -0.25) is 9.59 Å². The van der Waals surface area contributed by atoms with E-state index in [0.29, 0.717) is 22.9 Å². The first-order valence-electron chi connectivity index (χ1n) is 11.1. The summed E-state index contributed by atoms with van der Waals surface area (Å²) in [6, 6.07) is 13.9. The smallest absolute Gasteiger partial charge is 0.304 e. The number of carboxylic acid groups (broad SMARTS) is 1. The Hall–Kier alpha value is -2.08. The minimum atomic E-state index is -1.20. The van der Waals surface area contributed by atoms with Crippen LogP contribution < -0.4 is 0 Å². The van der Waals surface area contributed by atoms with Crippen LogP contribution in [0.1, 0.15) is 70.0 Å². The third-order valence-electron chi connectivity index (χ3n) is 6.67. The number of hydrogen-bond acceptors (Lipinski definition) is 3. The Labute approximate surface area is 205 Å². The topological polar surface area (TPSA) is 77.8 Å². The quantitative estimate of drug-likeness (QED) is 0.491. The van der Waals surface area contributed by atoms with E-state index in [1.165, 1.54) is 0 Å². The highest BCUT2D eigenvalue weighted by atomic mass is 35.5. The number of aliphatic hydroxyl groups is 1. The largest absolute Gasteiger partial charge is 0.481 e. The van der Waals surface area contributed by atoms with Crippen LogP contribution in [-0.4, -0.2) is 38.6 Å². The molecule has 0 spiro atoms. The Morgan fingerprint density at radius 2 is 1.79 bits per heavy atom. The van der Waals surface area contributed by atoms with Crippen molar-refractivity contribution in [2.75, 3.05) is 0 Å². The molecule has 1 heterocycles. The zero-order chi connectivity index (χ0) is 24.6. The fourth-order valence-electron chi connectivity index (χ4n) is 5.26. The van der Waals surface area contributed by atoms with Crippen molar-refractivity contribution in [3.8, 4) is 0 Å². The molecule has 2 N–H and O–H groups in total. The van der Waals surface area contributed by atoms with Gasteiger partial charge in [0.2, 0.25) is 5.91 Å². The van der Waals surface area contributed by atoms with E-state index in [9.17, 15) is 19.8 Å². The van der Waals surface area contributed by atoms with E-state index >= 15 is 0 Å². The third-order valence-corrected chi connectivity index (χ3v) is 7.16.